The molecule has 36 heavy (non-hydrogen) atoms. The van der Waals surface area contributed by atoms with Crippen LogP contribution in [-0.2, 0) is 19.6 Å². The van der Waals surface area contributed by atoms with Gasteiger partial charge in [-0.2, -0.15) is 17.6 Å². The Bertz CT molecular complexity index is 1300. The van der Waals surface area contributed by atoms with Gasteiger partial charge in [-0.05, 0) is 24.6 Å². The van der Waals surface area contributed by atoms with Crippen LogP contribution in [0.2, 0.25) is 0 Å². The topological polar surface area (TPSA) is 124 Å². The second-order valence-corrected chi connectivity index (χ2v) is 10.9. The lowest BCUT2D eigenvalue weighted by Gasteiger charge is -2.39. The summed E-state index contributed by atoms with van der Waals surface area (Å²) in [6, 6.07) is 4.31. The molecule has 2 aromatic rings. The monoisotopic (exact) mass is 554 g/mol. The number of primary sulfonamides is 1. The Balaban J connectivity index is 1.69. The number of halogens is 5. The largest absolute Gasteiger partial charge is 0.491 e. The smallest absolute Gasteiger partial charge is 0.411 e. The molecule has 3 heterocycles. The number of carbonyl (C=O) groups is 1. The summed E-state index contributed by atoms with van der Waals surface area (Å²) in [6.45, 7) is -1.79. The van der Waals surface area contributed by atoms with E-state index in [4.69, 9.17) is 14.6 Å². The Hall–Kier alpha value is -2.69. The molecule has 1 amide bonds. The molecule has 0 saturated carbocycles. The van der Waals surface area contributed by atoms with E-state index in [1.54, 1.807) is 0 Å². The lowest BCUT2D eigenvalue weighted by molar-refractivity contribution is -0.185. The first-order valence-corrected chi connectivity index (χ1v) is 12.6. The number of methoxy groups -OCH3 is 1. The number of thioether (sulfide) groups is 1. The molecule has 2 saturated heterocycles. The number of benzene rings is 1. The lowest BCUT2D eigenvalue weighted by Crippen LogP contribution is -2.56. The van der Waals surface area contributed by atoms with E-state index in [0.29, 0.717) is 0 Å². The van der Waals surface area contributed by atoms with Crippen LogP contribution in [0.15, 0.2) is 35.5 Å². The third-order valence-electron chi connectivity index (χ3n) is 5.58. The first-order valence-electron chi connectivity index (χ1n) is 10.2. The van der Waals surface area contributed by atoms with E-state index < -0.39 is 67.3 Å². The van der Waals surface area contributed by atoms with Crippen molar-refractivity contribution in [3.63, 3.8) is 0 Å². The van der Waals surface area contributed by atoms with Gasteiger partial charge in [0.2, 0.25) is 5.82 Å². The summed E-state index contributed by atoms with van der Waals surface area (Å²) in [6.07, 6.45) is -4.40. The zero-order valence-corrected chi connectivity index (χ0v) is 20.0. The fourth-order valence-corrected chi connectivity index (χ4v) is 5.97. The molecule has 196 valence electrons. The van der Waals surface area contributed by atoms with Crippen LogP contribution in [0.1, 0.15) is 6.42 Å². The number of carbonyl (C=O) groups excluding carboxylic acids is 1. The second-order valence-electron chi connectivity index (χ2n) is 7.99. The van der Waals surface area contributed by atoms with E-state index in [1.165, 1.54) is 11.0 Å². The molecule has 1 unspecified atom stereocenters. The summed E-state index contributed by atoms with van der Waals surface area (Å²) >= 11 is 1.08. The lowest BCUT2D eigenvalue weighted by atomic mass is 9.97. The molecule has 0 spiro atoms. The highest BCUT2D eigenvalue weighted by atomic mass is 32.2. The van der Waals surface area contributed by atoms with Crippen molar-refractivity contribution in [2.24, 2.45) is 5.14 Å². The summed E-state index contributed by atoms with van der Waals surface area (Å²) in [5.74, 6) is -3.77. The number of nitrogens with zero attached hydrogens (tertiary/aromatic N) is 2. The standard InChI is InChI=1S/C20H19F5N4O5S2/c1-33-17-13(3-2-12(21)16(17)22)29-8-11(34-9-19(23,24)25)7-14-20(29,35-14)18(30)28-10-4-5-27-15(6-10)36(26,31)32/h2-6,11,14H,7-9H2,1H3,(H2,26,31,32)(H,27,28,30)/t11-,14?,20+/m0/s1. The Morgan fingerprint density at radius 3 is 2.69 bits per heavy atom. The number of aromatic nitrogens is 1. The van der Waals surface area contributed by atoms with Crippen molar-refractivity contribution in [3.05, 3.63) is 42.1 Å². The van der Waals surface area contributed by atoms with Crippen LogP contribution in [0.25, 0.3) is 0 Å². The number of amides is 1. The predicted molar refractivity (Wildman–Crippen MR) is 119 cm³/mol. The van der Waals surface area contributed by atoms with E-state index >= 15 is 0 Å². The zero-order valence-electron chi connectivity index (χ0n) is 18.4. The van der Waals surface area contributed by atoms with Crippen molar-refractivity contribution in [1.82, 2.24) is 4.98 Å². The summed E-state index contributed by atoms with van der Waals surface area (Å²) < 4.78 is 99.8. The normalized spacial score (nSPS) is 23.7. The molecule has 2 fully saturated rings. The van der Waals surface area contributed by atoms with Crippen molar-refractivity contribution < 1.29 is 44.6 Å². The molecular weight excluding hydrogens is 535 g/mol. The minimum Gasteiger partial charge on any atom is -0.491 e. The third kappa shape index (κ3) is 5.07. The van der Waals surface area contributed by atoms with E-state index in [1.807, 2.05) is 0 Å². The number of fused-ring (bicyclic) bond motifs is 1. The van der Waals surface area contributed by atoms with Crippen LogP contribution in [0.3, 0.4) is 0 Å². The Morgan fingerprint density at radius 2 is 2.06 bits per heavy atom. The van der Waals surface area contributed by atoms with Gasteiger partial charge in [0.15, 0.2) is 21.5 Å². The van der Waals surface area contributed by atoms with E-state index in [-0.39, 0.29) is 24.3 Å². The van der Waals surface area contributed by atoms with Crippen LogP contribution in [0.5, 0.6) is 5.75 Å². The number of sulfonamides is 1. The van der Waals surface area contributed by atoms with Gasteiger partial charge in [0.05, 0.1) is 24.2 Å². The van der Waals surface area contributed by atoms with E-state index in [0.717, 1.165) is 43.3 Å². The van der Waals surface area contributed by atoms with E-state index in [2.05, 4.69) is 10.3 Å². The van der Waals surface area contributed by atoms with Crippen LogP contribution in [-0.4, -0.2) is 62.0 Å². The zero-order chi connectivity index (χ0) is 26.5. The highest BCUT2D eigenvalue weighted by Gasteiger charge is 2.69. The Labute approximate surface area is 206 Å². The van der Waals surface area contributed by atoms with Gasteiger partial charge in [0.25, 0.3) is 15.9 Å². The van der Waals surface area contributed by atoms with Gasteiger partial charge in [0, 0.05) is 24.5 Å². The molecule has 2 aliphatic rings. The van der Waals surface area contributed by atoms with Crippen LogP contribution >= 0.6 is 11.8 Å². The molecule has 0 aliphatic carbocycles. The van der Waals surface area contributed by atoms with E-state index in [9.17, 15) is 35.2 Å². The summed E-state index contributed by atoms with van der Waals surface area (Å²) in [4.78, 5) is 16.9. The van der Waals surface area contributed by atoms with Crippen molar-refractivity contribution in [2.75, 3.05) is 30.5 Å². The van der Waals surface area contributed by atoms with Gasteiger partial charge in [-0.3, -0.25) is 4.79 Å². The maximum Gasteiger partial charge on any atom is 0.411 e. The van der Waals surface area contributed by atoms with Crippen LogP contribution in [0, 0.1) is 11.6 Å². The number of nitrogens with one attached hydrogen (secondary N) is 1. The second kappa shape index (κ2) is 9.32. The summed E-state index contributed by atoms with van der Waals surface area (Å²) in [5, 5.41) is 6.54. The minimum absolute atomic E-state index is 0.0345. The average Bonchev–Trinajstić information content (AvgIpc) is 3.54. The maximum atomic E-state index is 14.5. The van der Waals surface area contributed by atoms with Crippen molar-refractivity contribution in [1.29, 1.82) is 0 Å². The first kappa shape index (κ1) is 26.4. The van der Waals surface area contributed by atoms with Gasteiger partial charge >= 0.3 is 6.18 Å². The molecule has 0 bridgehead atoms. The van der Waals surface area contributed by atoms with Gasteiger partial charge in [-0.15, -0.1) is 11.8 Å². The highest BCUT2D eigenvalue weighted by Crippen LogP contribution is 2.63. The third-order valence-corrected chi connectivity index (χ3v) is 8.00. The first-order chi connectivity index (χ1) is 16.8. The maximum absolute atomic E-state index is 14.5. The number of hydrogen-bond acceptors (Lipinski definition) is 8. The van der Waals surface area contributed by atoms with Gasteiger partial charge < -0.3 is 19.7 Å². The van der Waals surface area contributed by atoms with Gasteiger partial charge in [-0.1, -0.05) is 0 Å². The number of pyridine rings is 1. The molecule has 16 heteroatoms. The summed E-state index contributed by atoms with van der Waals surface area (Å²) in [5.41, 5.74) is -0.0332. The van der Waals surface area contributed by atoms with Gasteiger partial charge in [-0.25, -0.2) is 22.9 Å². The minimum atomic E-state index is -4.59. The molecule has 2 aliphatic heterocycles. The quantitative estimate of drug-likeness (QED) is 0.396. The van der Waals surface area contributed by atoms with Crippen molar-refractivity contribution >= 4 is 39.1 Å². The summed E-state index contributed by atoms with van der Waals surface area (Å²) in [7, 11) is -3.09. The predicted octanol–water partition coefficient (Wildman–Crippen LogP) is 2.62. The van der Waals surface area contributed by atoms with Crippen molar-refractivity contribution in [3.8, 4) is 5.75 Å². The number of hydrogen-bond donors (Lipinski definition) is 2. The van der Waals surface area contributed by atoms with Crippen LogP contribution in [0.4, 0.5) is 33.3 Å². The number of ether oxygens (including phenoxy) is 2. The molecule has 0 radical (unpaired) electrons. The number of alkyl halides is 3. The highest BCUT2D eigenvalue weighted by molar-refractivity contribution is 8.09. The fraction of sp³-hybridized carbons (Fsp3) is 0.400. The molecule has 1 aromatic carbocycles. The average molecular weight is 555 g/mol. The number of piperidine rings is 1. The molecule has 1 aromatic heterocycles. The fourth-order valence-electron chi connectivity index (χ4n) is 4.01. The van der Waals surface area contributed by atoms with Crippen LogP contribution < -0.4 is 20.1 Å². The van der Waals surface area contributed by atoms with Crippen molar-refractivity contribution in [2.45, 2.75) is 33.8 Å². The molecule has 4 rings (SSSR count). The molecule has 9 nitrogen and oxygen atoms in total. The Morgan fingerprint density at radius 1 is 1.33 bits per heavy atom. The Kier molecular flexibility index (Phi) is 6.83. The number of rotatable bonds is 7. The number of nitrogens with two attached hydrogens (primary N) is 1. The SMILES string of the molecule is COc1c(N2C[C@@H](OCC(F)(F)F)CC3S[C@@]32C(=O)Nc2ccnc(S(N)(=O)=O)c2)ccc(F)c1F. The number of anilines is 2. The molecular formula is C20H19F5N4O5S2. The molecule has 3 atom stereocenters. The molecule has 3 N–H and O–H groups in total. The van der Waals surface area contributed by atoms with Gasteiger partial charge in [0.1, 0.15) is 6.61 Å².